The van der Waals surface area contributed by atoms with Crippen molar-refractivity contribution in [3.8, 4) is 11.3 Å². The van der Waals surface area contributed by atoms with Crippen LogP contribution in [-0.4, -0.2) is 19.4 Å². The van der Waals surface area contributed by atoms with Gasteiger partial charge in [0.05, 0.1) is 6.04 Å². The van der Waals surface area contributed by atoms with E-state index in [0.29, 0.717) is 28.9 Å². The maximum absolute atomic E-state index is 6.75. The van der Waals surface area contributed by atoms with Gasteiger partial charge >= 0.3 is 0 Å². The molecule has 0 aliphatic heterocycles. The van der Waals surface area contributed by atoms with E-state index in [4.69, 9.17) is 22.3 Å². The maximum atomic E-state index is 6.75. The molecule has 3 aromatic heterocycles. The fourth-order valence-electron chi connectivity index (χ4n) is 3.92. The number of aromatic nitrogens is 4. The summed E-state index contributed by atoms with van der Waals surface area (Å²) < 4.78 is 1.86. The lowest BCUT2D eigenvalue weighted by Crippen LogP contribution is -2.13. The number of anilines is 1. The Balaban J connectivity index is 1.64. The number of aromatic amines is 1. The summed E-state index contributed by atoms with van der Waals surface area (Å²) >= 11 is 6.75. The van der Waals surface area contributed by atoms with Crippen molar-refractivity contribution in [3.63, 3.8) is 0 Å². The molecular formula is C23H21ClN6. The first-order chi connectivity index (χ1) is 14.7. The Hall–Kier alpha value is -3.35. The summed E-state index contributed by atoms with van der Waals surface area (Å²) in [6.45, 7) is 2.57. The first-order valence-electron chi connectivity index (χ1n) is 9.81. The zero-order chi connectivity index (χ0) is 20.7. The van der Waals surface area contributed by atoms with E-state index in [2.05, 4.69) is 34.3 Å². The molecule has 30 heavy (non-hydrogen) atoms. The van der Waals surface area contributed by atoms with Crippen LogP contribution < -0.4 is 11.1 Å². The topological polar surface area (TPSA) is 84.0 Å². The minimum Gasteiger partial charge on any atom is -0.360 e. The van der Waals surface area contributed by atoms with Crippen LogP contribution in [0.25, 0.3) is 27.8 Å². The molecule has 0 saturated carbocycles. The number of fused-ring (bicyclic) bond motifs is 2. The van der Waals surface area contributed by atoms with Crippen molar-refractivity contribution in [1.29, 1.82) is 0 Å². The lowest BCUT2D eigenvalue weighted by molar-refractivity contribution is 0.847. The summed E-state index contributed by atoms with van der Waals surface area (Å²) in [6.07, 6.45) is 5.52. The lowest BCUT2D eigenvalue weighted by atomic mass is 10.0. The molecule has 0 saturated heterocycles. The molecule has 4 N–H and O–H groups in total. The van der Waals surface area contributed by atoms with Crippen molar-refractivity contribution in [2.45, 2.75) is 19.5 Å². The molecule has 3 heterocycles. The van der Waals surface area contributed by atoms with Gasteiger partial charge in [-0.3, -0.25) is 4.40 Å². The van der Waals surface area contributed by atoms with Crippen molar-refractivity contribution >= 4 is 34.0 Å². The summed E-state index contributed by atoms with van der Waals surface area (Å²) in [4.78, 5) is 12.7. The van der Waals surface area contributed by atoms with Gasteiger partial charge in [-0.2, -0.15) is 0 Å². The third-order valence-electron chi connectivity index (χ3n) is 5.42. The molecule has 5 aromatic rings. The van der Waals surface area contributed by atoms with Gasteiger partial charge in [0.25, 0.3) is 0 Å². The second-order valence-electron chi connectivity index (χ2n) is 7.24. The van der Waals surface area contributed by atoms with Gasteiger partial charge < -0.3 is 16.0 Å². The smallest absolute Gasteiger partial charge is 0.181 e. The molecule has 2 aromatic carbocycles. The number of rotatable bonds is 5. The molecule has 0 fully saturated rings. The molecule has 1 unspecified atom stereocenters. The first-order valence-corrected chi connectivity index (χ1v) is 10.2. The Kier molecular flexibility index (Phi) is 4.65. The highest BCUT2D eigenvalue weighted by molar-refractivity contribution is 6.32. The SMILES string of the molecule is CC(Nc1nc(-c2c[nH]c3ccccc23)c(Cl)n2ccnc12)c1ccccc1CN. The number of nitrogens with two attached hydrogens (primary N) is 1. The third-order valence-corrected chi connectivity index (χ3v) is 5.78. The van der Waals surface area contributed by atoms with Crippen molar-refractivity contribution < 1.29 is 0 Å². The highest BCUT2D eigenvalue weighted by Crippen LogP contribution is 2.35. The average Bonchev–Trinajstić information content (AvgIpc) is 3.43. The maximum Gasteiger partial charge on any atom is 0.181 e. The van der Waals surface area contributed by atoms with Crippen LogP contribution in [0.1, 0.15) is 24.1 Å². The van der Waals surface area contributed by atoms with Gasteiger partial charge in [0.1, 0.15) is 10.8 Å². The van der Waals surface area contributed by atoms with Crippen LogP contribution in [0.3, 0.4) is 0 Å². The number of hydrogen-bond acceptors (Lipinski definition) is 4. The molecule has 0 aliphatic rings. The van der Waals surface area contributed by atoms with E-state index in [1.807, 2.05) is 53.2 Å². The van der Waals surface area contributed by atoms with Crippen LogP contribution in [0.2, 0.25) is 5.15 Å². The normalized spacial score (nSPS) is 12.5. The lowest BCUT2D eigenvalue weighted by Gasteiger charge is -2.19. The van der Waals surface area contributed by atoms with E-state index < -0.39 is 0 Å². The van der Waals surface area contributed by atoms with Gasteiger partial charge in [-0.25, -0.2) is 9.97 Å². The minimum atomic E-state index is -0.00487. The highest BCUT2D eigenvalue weighted by Gasteiger charge is 2.19. The van der Waals surface area contributed by atoms with Crippen LogP contribution >= 0.6 is 11.6 Å². The van der Waals surface area contributed by atoms with Gasteiger partial charge in [-0.15, -0.1) is 0 Å². The van der Waals surface area contributed by atoms with Crippen LogP contribution in [0, 0.1) is 0 Å². The van der Waals surface area contributed by atoms with Crippen molar-refractivity contribution in [2.24, 2.45) is 5.73 Å². The first kappa shape index (κ1) is 18.7. The monoisotopic (exact) mass is 416 g/mol. The largest absolute Gasteiger partial charge is 0.360 e. The Morgan fingerprint density at radius 3 is 2.83 bits per heavy atom. The average molecular weight is 417 g/mol. The summed E-state index contributed by atoms with van der Waals surface area (Å²) in [5.41, 5.74) is 11.5. The van der Waals surface area contributed by atoms with E-state index >= 15 is 0 Å². The predicted octanol–water partition coefficient (Wildman–Crippen LogP) is 5.16. The summed E-state index contributed by atoms with van der Waals surface area (Å²) in [5.74, 6) is 0.670. The van der Waals surface area contributed by atoms with Crippen molar-refractivity contribution in [1.82, 2.24) is 19.4 Å². The number of imidazole rings is 1. The zero-order valence-electron chi connectivity index (χ0n) is 16.4. The Labute approximate surface area is 178 Å². The van der Waals surface area contributed by atoms with Gasteiger partial charge in [0.2, 0.25) is 0 Å². The second kappa shape index (κ2) is 7.48. The van der Waals surface area contributed by atoms with E-state index in [-0.39, 0.29) is 6.04 Å². The number of hydrogen-bond donors (Lipinski definition) is 3. The zero-order valence-corrected chi connectivity index (χ0v) is 17.2. The number of halogens is 1. The Morgan fingerprint density at radius 2 is 1.97 bits per heavy atom. The summed E-state index contributed by atoms with van der Waals surface area (Å²) in [5, 5.41) is 5.11. The molecule has 0 radical (unpaired) electrons. The standard InChI is InChI=1S/C23H21ClN6/c1-14(16-7-3-2-6-15(16)12-25)28-22-23-26-10-11-30(23)21(24)20(29-22)18-13-27-19-9-5-4-8-17(18)19/h2-11,13-14,27H,12,25H2,1H3,(H,28,29). The molecule has 5 rings (SSSR count). The minimum absolute atomic E-state index is 0.00487. The molecular weight excluding hydrogens is 396 g/mol. The van der Waals surface area contributed by atoms with Gasteiger partial charge in [-0.1, -0.05) is 54.1 Å². The number of nitrogens with one attached hydrogen (secondary N) is 2. The Morgan fingerprint density at radius 1 is 1.17 bits per heavy atom. The van der Waals surface area contributed by atoms with E-state index in [0.717, 1.165) is 27.6 Å². The molecule has 0 spiro atoms. The number of H-pyrrole nitrogens is 1. The van der Waals surface area contributed by atoms with Gasteiger partial charge in [-0.05, 0) is 24.1 Å². The van der Waals surface area contributed by atoms with Gasteiger partial charge in [0, 0.05) is 41.6 Å². The third kappa shape index (κ3) is 3.01. The van der Waals surface area contributed by atoms with Crippen LogP contribution in [0.15, 0.2) is 67.1 Å². The molecule has 6 nitrogen and oxygen atoms in total. The van der Waals surface area contributed by atoms with E-state index in [1.54, 1.807) is 6.20 Å². The predicted molar refractivity (Wildman–Crippen MR) is 122 cm³/mol. The van der Waals surface area contributed by atoms with Crippen LogP contribution in [-0.2, 0) is 6.54 Å². The van der Waals surface area contributed by atoms with Gasteiger partial charge in [0.15, 0.2) is 11.5 Å². The van der Waals surface area contributed by atoms with Crippen molar-refractivity contribution in [3.05, 3.63) is 83.4 Å². The quantitative estimate of drug-likeness (QED) is 0.369. The fraction of sp³-hybridized carbons (Fsp3) is 0.130. The summed E-state index contributed by atoms with van der Waals surface area (Å²) in [6, 6.07) is 16.2. The molecule has 0 amide bonds. The summed E-state index contributed by atoms with van der Waals surface area (Å²) in [7, 11) is 0. The van der Waals surface area contributed by atoms with Crippen LogP contribution in [0.4, 0.5) is 5.82 Å². The molecule has 0 bridgehead atoms. The van der Waals surface area contributed by atoms with Crippen molar-refractivity contribution in [2.75, 3.05) is 5.32 Å². The fourth-order valence-corrected chi connectivity index (χ4v) is 4.20. The number of para-hydroxylation sites is 1. The Bertz CT molecular complexity index is 1350. The molecule has 1 atom stereocenters. The highest BCUT2D eigenvalue weighted by atomic mass is 35.5. The van der Waals surface area contributed by atoms with E-state index in [1.165, 1.54) is 0 Å². The molecule has 150 valence electrons. The second-order valence-corrected chi connectivity index (χ2v) is 7.60. The molecule has 7 heteroatoms. The van der Waals surface area contributed by atoms with Crippen LogP contribution in [0.5, 0.6) is 0 Å². The van der Waals surface area contributed by atoms with E-state index in [9.17, 15) is 0 Å². The molecule has 0 aliphatic carbocycles. The number of nitrogens with zero attached hydrogens (tertiary/aromatic N) is 3. The number of benzene rings is 2.